The maximum absolute atomic E-state index is 12.0. The second-order valence-electron chi connectivity index (χ2n) is 5.07. The van der Waals surface area contributed by atoms with E-state index in [0.717, 1.165) is 26.2 Å². The van der Waals surface area contributed by atoms with Gasteiger partial charge in [-0.25, -0.2) is 4.98 Å². The summed E-state index contributed by atoms with van der Waals surface area (Å²) < 4.78 is 10.6. The van der Waals surface area contributed by atoms with Crippen molar-refractivity contribution in [2.24, 2.45) is 0 Å². The molecule has 3 rings (SSSR count). The molecule has 0 spiro atoms. The minimum Gasteiger partial charge on any atom is -0.497 e. The second kappa shape index (κ2) is 7.66. The van der Waals surface area contributed by atoms with Crippen LogP contribution >= 0.6 is 23.1 Å². The van der Waals surface area contributed by atoms with Gasteiger partial charge in [-0.15, -0.1) is 28.2 Å². The Morgan fingerprint density at radius 1 is 1.28 bits per heavy atom. The van der Waals surface area contributed by atoms with Crippen LogP contribution in [-0.2, 0) is 4.79 Å². The van der Waals surface area contributed by atoms with Crippen LogP contribution in [0, 0.1) is 13.8 Å². The molecule has 25 heavy (non-hydrogen) atoms. The lowest BCUT2D eigenvalue weighted by Crippen LogP contribution is -2.14. The van der Waals surface area contributed by atoms with Gasteiger partial charge < -0.3 is 9.15 Å². The molecule has 0 atom stereocenters. The number of thioether (sulfide) groups is 1. The summed E-state index contributed by atoms with van der Waals surface area (Å²) in [5.74, 6) is 1.16. The Kier molecular flexibility index (Phi) is 5.34. The van der Waals surface area contributed by atoms with Crippen LogP contribution in [0.2, 0.25) is 0 Å². The van der Waals surface area contributed by atoms with Crippen molar-refractivity contribution in [2.75, 3.05) is 18.2 Å². The van der Waals surface area contributed by atoms with Crippen molar-refractivity contribution in [1.82, 2.24) is 15.2 Å². The largest absolute Gasteiger partial charge is 0.497 e. The quantitative estimate of drug-likeness (QED) is 0.658. The zero-order valence-electron chi connectivity index (χ0n) is 13.9. The van der Waals surface area contributed by atoms with Crippen LogP contribution in [0.5, 0.6) is 5.75 Å². The average Bonchev–Trinajstić information content (AvgIpc) is 3.19. The molecule has 0 aliphatic heterocycles. The zero-order valence-corrected chi connectivity index (χ0v) is 15.5. The van der Waals surface area contributed by atoms with Crippen LogP contribution in [-0.4, -0.2) is 34.0 Å². The van der Waals surface area contributed by atoms with E-state index in [1.807, 2.05) is 38.1 Å². The van der Waals surface area contributed by atoms with E-state index in [1.165, 1.54) is 23.1 Å². The van der Waals surface area contributed by atoms with Crippen molar-refractivity contribution in [2.45, 2.75) is 18.7 Å². The summed E-state index contributed by atoms with van der Waals surface area (Å²) in [4.78, 5) is 18.1. The third-order valence-electron chi connectivity index (χ3n) is 3.20. The number of ether oxygens (including phenoxy) is 1. The van der Waals surface area contributed by atoms with Crippen molar-refractivity contribution in [3.8, 4) is 16.5 Å². The van der Waals surface area contributed by atoms with Crippen molar-refractivity contribution >= 4 is 35.0 Å². The minimum atomic E-state index is -0.215. The fourth-order valence-electron chi connectivity index (χ4n) is 2.07. The zero-order chi connectivity index (χ0) is 17.8. The minimum absolute atomic E-state index is 0.0841. The van der Waals surface area contributed by atoms with Crippen molar-refractivity contribution < 1.29 is 13.9 Å². The van der Waals surface area contributed by atoms with Crippen molar-refractivity contribution in [3.05, 3.63) is 35.0 Å². The highest BCUT2D eigenvalue weighted by Crippen LogP contribution is 2.29. The molecule has 0 radical (unpaired) electrons. The lowest BCUT2D eigenvalue weighted by Gasteiger charge is -2.03. The summed E-state index contributed by atoms with van der Waals surface area (Å²) in [6.45, 7) is 3.80. The van der Waals surface area contributed by atoms with E-state index in [4.69, 9.17) is 9.15 Å². The van der Waals surface area contributed by atoms with Crippen LogP contribution in [0.15, 0.2) is 33.6 Å². The van der Waals surface area contributed by atoms with Gasteiger partial charge in [0, 0.05) is 4.90 Å². The summed E-state index contributed by atoms with van der Waals surface area (Å²) in [7, 11) is 1.61. The number of rotatable bonds is 6. The number of benzene rings is 1. The first-order chi connectivity index (χ1) is 12.0. The fourth-order valence-corrected chi connectivity index (χ4v) is 3.61. The number of nitrogens with one attached hydrogen (secondary N) is 1. The molecule has 7 nitrogen and oxygen atoms in total. The molecular formula is C16H16N4O3S2. The van der Waals surface area contributed by atoms with E-state index in [9.17, 15) is 4.79 Å². The van der Waals surface area contributed by atoms with Gasteiger partial charge in [0.05, 0.1) is 23.6 Å². The molecule has 0 saturated heterocycles. The first-order valence-corrected chi connectivity index (χ1v) is 9.20. The molecule has 9 heteroatoms. The van der Waals surface area contributed by atoms with E-state index < -0.39 is 0 Å². The molecule has 0 aliphatic carbocycles. The standard InChI is InChI=1S/C16H16N4O3S2/c1-9-14(25-10(2)17-9)15-19-20-16(23-15)18-13(21)8-24-12-6-4-11(22-3)5-7-12/h4-7H,8H2,1-3H3,(H,18,20,21). The number of carbonyl (C=O) groups excluding carboxylic acids is 1. The van der Waals surface area contributed by atoms with Crippen LogP contribution in [0.4, 0.5) is 6.01 Å². The fraction of sp³-hybridized carbons (Fsp3) is 0.250. The molecule has 3 aromatic rings. The molecule has 1 N–H and O–H groups in total. The molecule has 1 amide bonds. The van der Waals surface area contributed by atoms with Crippen molar-refractivity contribution in [1.29, 1.82) is 0 Å². The molecule has 0 saturated carbocycles. The van der Waals surface area contributed by atoms with Crippen LogP contribution in [0.3, 0.4) is 0 Å². The number of aromatic nitrogens is 3. The van der Waals surface area contributed by atoms with Gasteiger partial charge in [0.15, 0.2) is 0 Å². The highest BCUT2D eigenvalue weighted by Gasteiger charge is 2.16. The lowest BCUT2D eigenvalue weighted by molar-refractivity contribution is -0.113. The molecule has 0 bridgehead atoms. The Labute approximate surface area is 152 Å². The number of nitrogens with zero attached hydrogens (tertiary/aromatic N) is 3. The number of thiazole rings is 1. The SMILES string of the molecule is COc1ccc(SCC(=O)Nc2nnc(-c3sc(C)nc3C)o2)cc1. The summed E-state index contributed by atoms with van der Waals surface area (Å²) in [6.07, 6.45) is 0. The number of anilines is 1. The van der Waals surface area contributed by atoms with E-state index >= 15 is 0 Å². The van der Waals surface area contributed by atoms with E-state index in [0.29, 0.717) is 5.89 Å². The average molecular weight is 376 g/mol. The van der Waals surface area contributed by atoms with Gasteiger partial charge in [-0.3, -0.25) is 10.1 Å². The summed E-state index contributed by atoms with van der Waals surface area (Å²) in [5.41, 5.74) is 0.832. The highest BCUT2D eigenvalue weighted by atomic mass is 32.2. The summed E-state index contributed by atoms with van der Waals surface area (Å²) in [6, 6.07) is 7.58. The smallest absolute Gasteiger partial charge is 0.322 e. The highest BCUT2D eigenvalue weighted by molar-refractivity contribution is 8.00. The maximum Gasteiger partial charge on any atom is 0.322 e. The lowest BCUT2D eigenvalue weighted by atomic mass is 10.3. The normalized spacial score (nSPS) is 10.7. The van der Waals surface area contributed by atoms with Gasteiger partial charge in [-0.2, -0.15) is 0 Å². The monoisotopic (exact) mass is 376 g/mol. The molecule has 1 aromatic carbocycles. The van der Waals surface area contributed by atoms with Crippen LogP contribution in [0.1, 0.15) is 10.7 Å². The number of hydrogen-bond donors (Lipinski definition) is 1. The van der Waals surface area contributed by atoms with E-state index in [-0.39, 0.29) is 17.7 Å². The molecule has 0 aliphatic rings. The molecular weight excluding hydrogens is 360 g/mol. The summed E-state index contributed by atoms with van der Waals surface area (Å²) in [5, 5.41) is 11.4. The Morgan fingerprint density at radius 2 is 2.04 bits per heavy atom. The van der Waals surface area contributed by atoms with Gasteiger partial charge in [0.25, 0.3) is 5.89 Å². The molecule has 2 heterocycles. The van der Waals surface area contributed by atoms with E-state index in [1.54, 1.807) is 7.11 Å². The Morgan fingerprint density at radius 3 is 2.68 bits per heavy atom. The Bertz CT molecular complexity index is 874. The third kappa shape index (κ3) is 4.37. The molecule has 0 fully saturated rings. The number of amides is 1. The van der Waals surface area contributed by atoms with Gasteiger partial charge >= 0.3 is 6.01 Å². The first-order valence-electron chi connectivity index (χ1n) is 7.40. The summed E-state index contributed by atoms with van der Waals surface area (Å²) >= 11 is 2.89. The molecule has 130 valence electrons. The van der Waals surface area contributed by atoms with Gasteiger partial charge in [-0.05, 0) is 38.1 Å². The Balaban J connectivity index is 1.57. The van der Waals surface area contributed by atoms with Crippen LogP contribution in [0.25, 0.3) is 10.8 Å². The number of methoxy groups -OCH3 is 1. The molecule has 0 unspecified atom stereocenters. The van der Waals surface area contributed by atoms with E-state index in [2.05, 4.69) is 20.5 Å². The number of aryl methyl sites for hydroxylation is 2. The number of hydrogen-bond acceptors (Lipinski definition) is 8. The predicted molar refractivity (Wildman–Crippen MR) is 97.2 cm³/mol. The first kappa shape index (κ1) is 17.4. The number of carbonyl (C=O) groups is 1. The van der Waals surface area contributed by atoms with Crippen LogP contribution < -0.4 is 10.1 Å². The van der Waals surface area contributed by atoms with Gasteiger partial charge in [0.2, 0.25) is 5.91 Å². The predicted octanol–water partition coefficient (Wildman–Crippen LogP) is 3.55. The van der Waals surface area contributed by atoms with Crippen molar-refractivity contribution in [3.63, 3.8) is 0 Å². The maximum atomic E-state index is 12.0. The topological polar surface area (TPSA) is 90.1 Å². The van der Waals surface area contributed by atoms with Gasteiger partial charge in [0.1, 0.15) is 10.6 Å². The van der Waals surface area contributed by atoms with Gasteiger partial charge in [-0.1, -0.05) is 5.10 Å². The molecule has 2 aromatic heterocycles. The second-order valence-corrected chi connectivity index (χ2v) is 7.32. The Hall–Kier alpha value is -2.39. The third-order valence-corrected chi connectivity index (χ3v) is 5.27.